The van der Waals surface area contributed by atoms with Crippen LogP contribution in [0.3, 0.4) is 0 Å². The van der Waals surface area contributed by atoms with Gasteiger partial charge < -0.3 is 29.0 Å². The number of amides is 1. The molecule has 1 N–H and O–H groups in total. The molecule has 1 aliphatic heterocycles. The first kappa shape index (κ1) is 25.8. The monoisotopic (exact) mass is 489 g/mol. The molecule has 0 bridgehead atoms. The molecular formula is C26H35NO8. The number of rotatable bonds is 8. The lowest BCUT2D eigenvalue weighted by molar-refractivity contribution is -0.345. The number of fused-ring (bicyclic) bond motifs is 1. The molecule has 9 heteroatoms. The smallest absolute Gasteiger partial charge is 0.332 e. The molecule has 1 amide bonds. The first-order chi connectivity index (χ1) is 16.6. The molecule has 4 rings (SSSR count). The standard InChI is InChI=1S/C26H35NO8/c1-6-32-25(33-7-2)14-17-19(28)13-18(20-15-34-24(3,4)35-20)26(21(17)25,23(30)31-5)27-22(29)16-11-9-8-10-12-16/h8-12,17-18,20-21H,6-7,13-15H2,1-5H3,(H,27,29)/t17-,18+,20-,21+,26-/m1/s1. The maximum Gasteiger partial charge on any atom is 0.332 e. The van der Waals surface area contributed by atoms with E-state index < -0.39 is 52.8 Å². The Morgan fingerprint density at radius 1 is 1.11 bits per heavy atom. The molecule has 3 fully saturated rings. The lowest BCUT2D eigenvalue weighted by Crippen LogP contribution is -2.80. The van der Waals surface area contributed by atoms with E-state index in [0.717, 1.165) is 0 Å². The molecule has 5 atom stereocenters. The van der Waals surface area contributed by atoms with Crippen molar-refractivity contribution in [3.8, 4) is 0 Å². The zero-order valence-corrected chi connectivity index (χ0v) is 21.0. The number of methoxy groups -OCH3 is 1. The van der Waals surface area contributed by atoms with E-state index in [0.29, 0.717) is 25.2 Å². The largest absolute Gasteiger partial charge is 0.467 e. The van der Waals surface area contributed by atoms with Crippen molar-refractivity contribution in [2.45, 2.75) is 63.8 Å². The highest BCUT2D eigenvalue weighted by molar-refractivity contribution is 6.00. The van der Waals surface area contributed by atoms with Crippen molar-refractivity contribution in [1.29, 1.82) is 0 Å². The molecule has 0 unspecified atom stereocenters. The molecule has 1 aromatic carbocycles. The number of esters is 1. The highest BCUT2D eigenvalue weighted by Gasteiger charge is 2.75. The van der Waals surface area contributed by atoms with Crippen LogP contribution in [-0.4, -0.2) is 67.8 Å². The van der Waals surface area contributed by atoms with Crippen molar-refractivity contribution in [1.82, 2.24) is 5.32 Å². The summed E-state index contributed by atoms with van der Waals surface area (Å²) < 4.78 is 29.5. The van der Waals surface area contributed by atoms with Gasteiger partial charge in [0.25, 0.3) is 5.91 Å². The van der Waals surface area contributed by atoms with Crippen LogP contribution in [0.1, 0.15) is 50.9 Å². The Kier molecular flexibility index (Phi) is 7.07. The van der Waals surface area contributed by atoms with Crippen molar-refractivity contribution in [2.24, 2.45) is 17.8 Å². The minimum Gasteiger partial charge on any atom is -0.467 e. The Bertz CT molecular complexity index is 957. The summed E-state index contributed by atoms with van der Waals surface area (Å²) in [6, 6.07) is 8.62. The number of hydrogen-bond acceptors (Lipinski definition) is 8. The number of ketones is 1. The van der Waals surface area contributed by atoms with E-state index in [2.05, 4.69) is 5.32 Å². The average molecular weight is 490 g/mol. The minimum atomic E-state index is -1.64. The van der Waals surface area contributed by atoms with Crippen molar-refractivity contribution in [2.75, 3.05) is 26.9 Å². The molecule has 0 aromatic heterocycles. The van der Waals surface area contributed by atoms with Gasteiger partial charge in [0.05, 0.1) is 25.7 Å². The lowest BCUT2D eigenvalue weighted by Gasteiger charge is -2.63. The summed E-state index contributed by atoms with van der Waals surface area (Å²) >= 11 is 0. The number of nitrogens with one attached hydrogen (secondary N) is 1. The molecule has 2 saturated carbocycles. The zero-order chi connectivity index (χ0) is 25.4. The first-order valence-corrected chi connectivity index (χ1v) is 12.2. The highest BCUT2D eigenvalue weighted by Crippen LogP contribution is 2.60. The van der Waals surface area contributed by atoms with Gasteiger partial charge in [0, 0.05) is 43.5 Å². The van der Waals surface area contributed by atoms with Crippen LogP contribution in [0.2, 0.25) is 0 Å². The third-order valence-electron chi connectivity index (χ3n) is 7.43. The highest BCUT2D eigenvalue weighted by atomic mass is 16.7. The van der Waals surface area contributed by atoms with E-state index in [1.165, 1.54) is 7.11 Å². The summed E-state index contributed by atoms with van der Waals surface area (Å²) in [6.07, 6.45) is -0.297. The van der Waals surface area contributed by atoms with E-state index >= 15 is 0 Å². The quantitative estimate of drug-likeness (QED) is 0.438. The summed E-state index contributed by atoms with van der Waals surface area (Å²) in [5, 5.41) is 3.02. The molecule has 1 heterocycles. The second-order valence-electron chi connectivity index (χ2n) is 9.79. The Morgan fingerprint density at radius 2 is 1.77 bits per heavy atom. The SMILES string of the molecule is CCOC1(OCC)C[C@@H]2C(=O)C[C@@H]([C@H]3COC(C)(C)O3)[C@](NC(=O)c3ccccc3)(C(=O)OC)[C@@H]21. The molecular weight excluding hydrogens is 454 g/mol. The normalized spacial score (nSPS) is 32.9. The number of ether oxygens (including phenoxy) is 5. The summed E-state index contributed by atoms with van der Waals surface area (Å²) in [5.41, 5.74) is -1.26. The fourth-order valence-corrected chi connectivity index (χ4v) is 6.11. The maximum atomic E-state index is 13.8. The van der Waals surface area contributed by atoms with Crippen molar-refractivity contribution in [3.63, 3.8) is 0 Å². The van der Waals surface area contributed by atoms with Gasteiger partial charge in [-0.2, -0.15) is 0 Å². The van der Waals surface area contributed by atoms with Crippen molar-refractivity contribution in [3.05, 3.63) is 35.9 Å². The Morgan fingerprint density at radius 3 is 2.31 bits per heavy atom. The molecule has 35 heavy (non-hydrogen) atoms. The molecule has 3 aliphatic rings. The molecule has 1 aromatic rings. The Labute approximate surface area is 205 Å². The van der Waals surface area contributed by atoms with Crippen LogP contribution in [0, 0.1) is 17.8 Å². The van der Waals surface area contributed by atoms with Crippen LogP contribution in [0.4, 0.5) is 0 Å². The topological polar surface area (TPSA) is 109 Å². The second kappa shape index (κ2) is 9.61. The van der Waals surface area contributed by atoms with E-state index in [9.17, 15) is 14.4 Å². The average Bonchev–Trinajstić information content (AvgIpc) is 3.19. The summed E-state index contributed by atoms with van der Waals surface area (Å²) in [4.78, 5) is 40.7. The van der Waals surface area contributed by atoms with Gasteiger partial charge >= 0.3 is 5.97 Å². The van der Waals surface area contributed by atoms with Gasteiger partial charge in [0.1, 0.15) is 5.78 Å². The predicted octanol–water partition coefficient (Wildman–Crippen LogP) is 2.47. The lowest BCUT2D eigenvalue weighted by atomic mass is 9.48. The van der Waals surface area contributed by atoms with Gasteiger partial charge in [0.2, 0.25) is 0 Å². The summed E-state index contributed by atoms with van der Waals surface area (Å²) in [7, 11) is 1.28. The van der Waals surface area contributed by atoms with E-state index in [1.807, 2.05) is 13.8 Å². The van der Waals surface area contributed by atoms with E-state index in [4.69, 9.17) is 23.7 Å². The Hall–Kier alpha value is -2.33. The molecule has 1 saturated heterocycles. The molecule has 0 spiro atoms. The molecule has 9 nitrogen and oxygen atoms in total. The zero-order valence-electron chi connectivity index (χ0n) is 21.0. The number of Topliss-reactive ketones (excluding diaryl/α,β-unsaturated/α-hetero) is 1. The fourth-order valence-electron chi connectivity index (χ4n) is 6.11. The minimum absolute atomic E-state index is 0.0168. The molecule has 0 radical (unpaired) electrons. The van der Waals surface area contributed by atoms with E-state index in [-0.39, 0.29) is 18.8 Å². The maximum absolute atomic E-state index is 13.8. The Balaban J connectivity index is 1.87. The van der Waals surface area contributed by atoms with Crippen molar-refractivity contribution < 1.29 is 38.1 Å². The molecule has 192 valence electrons. The van der Waals surface area contributed by atoms with Gasteiger partial charge in [-0.3, -0.25) is 9.59 Å². The number of carbonyl (C=O) groups excluding carboxylic acids is 3. The van der Waals surface area contributed by atoms with Crippen LogP contribution < -0.4 is 5.32 Å². The predicted molar refractivity (Wildman–Crippen MR) is 124 cm³/mol. The van der Waals surface area contributed by atoms with Crippen molar-refractivity contribution >= 4 is 17.7 Å². The van der Waals surface area contributed by atoms with Gasteiger partial charge in [0.15, 0.2) is 17.1 Å². The first-order valence-electron chi connectivity index (χ1n) is 12.2. The van der Waals surface area contributed by atoms with Crippen LogP contribution >= 0.6 is 0 Å². The number of carbonyl (C=O) groups is 3. The van der Waals surface area contributed by atoms with E-state index in [1.54, 1.807) is 44.2 Å². The van der Waals surface area contributed by atoms with Crippen LogP contribution in [-0.2, 0) is 33.3 Å². The molecule has 2 aliphatic carbocycles. The van der Waals surface area contributed by atoms with Gasteiger partial charge in [-0.15, -0.1) is 0 Å². The van der Waals surface area contributed by atoms with Gasteiger partial charge in [-0.1, -0.05) is 18.2 Å². The second-order valence-corrected chi connectivity index (χ2v) is 9.79. The number of hydrogen-bond donors (Lipinski definition) is 1. The van der Waals surface area contributed by atoms with Crippen LogP contribution in [0.15, 0.2) is 30.3 Å². The summed E-state index contributed by atoms with van der Waals surface area (Å²) in [6.45, 7) is 7.99. The van der Waals surface area contributed by atoms with Crippen LogP contribution in [0.25, 0.3) is 0 Å². The third-order valence-corrected chi connectivity index (χ3v) is 7.43. The third kappa shape index (κ3) is 4.28. The van der Waals surface area contributed by atoms with Gasteiger partial charge in [-0.25, -0.2) is 4.79 Å². The fraction of sp³-hybridized carbons (Fsp3) is 0.654. The van der Waals surface area contributed by atoms with Crippen LogP contribution in [0.5, 0.6) is 0 Å². The number of benzene rings is 1. The van der Waals surface area contributed by atoms with Gasteiger partial charge in [-0.05, 0) is 39.8 Å². The summed E-state index contributed by atoms with van der Waals surface area (Å²) in [5.74, 6) is -5.34.